The van der Waals surface area contributed by atoms with Gasteiger partial charge in [0.25, 0.3) is 5.91 Å². The summed E-state index contributed by atoms with van der Waals surface area (Å²) in [5, 5.41) is 3.03. The van der Waals surface area contributed by atoms with Gasteiger partial charge in [-0.25, -0.2) is 4.98 Å². The molecule has 0 radical (unpaired) electrons. The van der Waals surface area contributed by atoms with Crippen molar-refractivity contribution in [1.29, 1.82) is 0 Å². The second kappa shape index (κ2) is 6.91. The van der Waals surface area contributed by atoms with E-state index in [2.05, 4.69) is 10.3 Å². The second-order valence-electron chi connectivity index (χ2n) is 4.18. The number of hydrogen-bond donors (Lipinski definition) is 1. The van der Waals surface area contributed by atoms with Crippen molar-refractivity contribution < 1.29 is 9.53 Å². The Morgan fingerprint density at radius 3 is 2.85 bits per heavy atom. The molecule has 4 nitrogen and oxygen atoms in total. The zero-order valence-electron chi connectivity index (χ0n) is 11.1. The number of benzene rings is 1. The molecule has 0 aliphatic heterocycles. The summed E-state index contributed by atoms with van der Waals surface area (Å²) in [4.78, 5) is 16.1. The van der Waals surface area contributed by atoms with Crippen LogP contribution >= 0.6 is 11.6 Å². The largest absolute Gasteiger partial charge is 0.494 e. The first-order chi connectivity index (χ1) is 9.69. The van der Waals surface area contributed by atoms with Crippen molar-refractivity contribution in [2.45, 2.75) is 13.3 Å². The third kappa shape index (κ3) is 3.96. The van der Waals surface area contributed by atoms with Crippen molar-refractivity contribution in [2.75, 3.05) is 11.9 Å². The first kappa shape index (κ1) is 14.3. The number of nitrogens with one attached hydrogen (secondary N) is 1. The molecule has 0 unspecified atom stereocenters. The molecule has 1 heterocycles. The average molecular weight is 291 g/mol. The standard InChI is InChI=1S/C15H15ClN2O2/c1-2-9-20-12-6-3-5-11(10-12)15(19)18-14-8-4-7-13(16)17-14/h3-8,10H,2,9H2,1H3,(H,17,18,19). The molecule has 0 atom stereocenters. The molecule has 104 valence electrons. The van der Waals surface area contributed by atoms with E-state index in [-0.39, 0.29) is 5.91 Å². The van der Waals surface area contributed by atoms with Crippen LogP contribution in [0.1, 0.15) is 23.7 Å². The number of pyridine rings is 1. The maximum absolute atomic E-state index is 12.1. The lowest BCUT2D eigenvalue weighted by Crippen LogP contribution is -2.13. The van der Waals surface area contributed by atoms with Gasteiger partial charge >= 0.3 is 0 Å². The lowest BCUT2D eigenvalue weighted by molar-refractivity contribution is 0.102. The number of amides is 1. The molecule has 2 rings (SSSR count). The van der Waals surface area contributed by atoms with Crippen LogP contribution in [0, 0.1) is 0 Å². The fourth-order valence-corrected chi connectivity index (χ4v) is 1.78. The topological polar surface area (TPSA) is 51.2 Å². The molecular weight excluding hydrogens is 276 g/mol. The SMILES string of the molecule is CCCOc1cccc(C(=O)Nc2cccc(Cl)n2)c1. The summed E-state index contributed by atoms with van der Waals surface area (Å²) in [6.45, 7) is 2.66. The third-order valence-electron chi connectivity index (χ3n) is 2.53. The lowest BCUT2D eigenvalue weighted by Gasteiger charge is -2.07. The quantitative estimate of drug-likeness (QED) is 0.853. The summed E-state index contributed by atoms with van der Waals surface area (Å²) >= 11 is 5.77. The van der Waals surface area contributed by atoms with Gasteiger partial charge in [0.05, 0.1) is 6.61 Å². The van der Waals surface area contributed by atoms with Crippen molar-refractivity contribution in [3.63, 3.8) is 0 Å². The lowest BCUT2D eigenvalue weighted by atomic mass is 10.2. The van der Waals surface area contributed by atoms with Crippen LogP contribution in [-0.4, -0.2) is 17.5 Å². The number of ether oxygens (including phenoxy) is 1. The summed E-state index contributed by atoms with van der Waals surface area (Å²) in [6.07, 6.45) is 0.920. The molecule has 1 amide bonds. The number of aromatic nitrogens is 1. The molecule has 0 aliphatic carbocycles. The number of hydrogen-bond acceptors (Lipinski definition) is 3. The Labute approximate surface area is 122 Å². The van der Waals surface area contributed by atoms with Crippen LogP contribution in [0.5, 0.6) is 5.75 Å². The second-order valence-corrected chi connectivity index (χ2v) is 4.56. The molecule has 0 bridgehead atoms. The molecule has 20 heavy (non-hydrogen) atoms. The van der Waals surface area contributed by atoms with Crippen molar-refractivity contribution >= 4 is 23.3 Å². The Morgan fingerprint density at radius 1 is 1.30 bits per heavy atom. The van der Waals surface area contributed by atoms with Gasteiger partial charge in [-0.1, -0.05) is 30.7 Å². The first-order valence-corrected chi connectivity index (χ1v) is 6.73. The summed E-state index contributed by atoms with van der Waals surface area (Å²) in [5.74, 6) is 0.850. The molecule has 0 spiro atoms. The highest BCUT2D eigenvalue weighted by molar-refractivity contribution is 6.29. The van der Waals surface area contributed by atoms with E-state index in [1.807, 2.05) is 13.0 Å². The van der Waals surface area contributed by atoms with Gasteiger partial charge in [0.15, 0.2) is 0 Å². The highest BCUT2D eigenvalue weighted by Crippen LogP contribution is 2.15. The van der Waals surface area contributed by atoms with E-state index in [0.29, 0.717) is 28.9 Å². The smallest absolute Gasteiger partial charge is 0.256 e. The van der Waals surface area contributed by atoms with Gasteiger partial charge in [0.2, 0.25) is 0 Å². The van der Waals surface area contributed by atoms with E-state index >= 15 is 0 Å². The summed E-state index contributed by atoms with van der Waals surface area (Å²) in [6, 6.07) is 12.1. The average Bonchev–Trinajstić information content (AvgIpc) is 2.45. The van der Waals surface area contributed by atoms with Gasteiger partial charge in [-0.05, 0) is 36.8 Å². The monoisotopic (exact) mass is 290 g/mol. The van der Waals surface area contributed by atoms with E-state index in [1.54, 1.807) is 36.4 Å². The van der Waals surface area contributed by atoms with Crippen LogP contribution in [0.4, 0.5) is 5.82 Å². The van der Waals surface area contributed by atoms with Gasteiger partial charge in [-0.2, -0.15) is 0 Å². The van der Waals surface area contributed by atoms with Gasteiger partial charge in [0, 0.05) is 5.56 Å². The number of carbonyl (C=O) groups excluding carboxylic acids is 1. The van der Waals surface area contributed by atoms with Crippen LogP contribution < -0.4 is 10.1 Å². The van der Waals surface area contributed by atoms with Crippen molar-refractivity contribution in [2.24, 2.45) is 0 Å². The van der Waals surface area contributed by atoms with Crippen LogP contribution in [0.25, 0.3) is 0 Å². The highest BCUT2D eigenvalue weighted by atomic mass is 35.5. The highest BCUT2D eigenvalue weighted by Gasteiger charge is 2.08. The number of halogens is 1. The Morgan fingerprint density at radius 2 is 2.10 bits per heavy atom. The van der Waals surface area contributed by atoms with Crippen LogP contribution in [0.3, 0.4) is 0 Å². The van der Waals surface area contributed by atoms with E-state index in [0.717, 1.165) is 6.42 Å². The summed E-state index contributed by atoms with van der Waals surface area (Å²) in [7, 11) is 0. The molecule has 1 aromatic heterocycles. The molecule has 2 aromatic rings. The maximum atomic E-state index is 12.1. The summed E-state index contributed by atoms with van der Waals surface area (Å²) in [5.41, 5.74) is 0.514. The predicted octanol–water partition coefficient (Wildman–Crippen LogP) is 3.78. The molecule has 0 fully saturated rings. The molecular formula is C15H15ClN2O2. The van der Waals surface area contributed by atoms with Gasteiger partial charge in [0.1, 0.15) is 16.7 Å². The Kier molecular flexibility index (Phi) is 4.96. The minimum atomic E-state index is -0.248. The fourth-order valence-electron chi connectivity index (χ4n) is 1.61. The number of nitrogens with zero attached hydrogens (tertiary/aromatic N) is 1. The minimum Gasteiger partial charge on any atom is -0.494 e. The van der Waals surface area contributed by atoms with Crippen LogP contribution in [0.2, 0.25) is 5.15 Å². The fraction of sp³-hybridized carbons (Fsp3) is 0.200. The Bertz CT molecular complexity index is 602. The Balaban J connectivity index is 2.09. The van der Waals surface area contributed by atoms with Crippen LogP contribution in [0.15, 0.2) is 42.5 Å². The van der Waals surface area contributed by atoms with Crippen molar-refractivity contribution in [1.82, 2.24) is 4.98 Å². The zero-order valence-corrected chi connectivity index (χ0v) is 11.9. The predicted molar refractivity (Wildman–Crippen MR) is 79.4 cm³/mol. The van der Waals surface area contributed by atoms with Gasteiger partial charge < -0.3 is 10.1 Å². The van der Waals surface area contributed by atoms with E-state index in [1.165, 1.54) is 0 Å². The van der Waals surface area contributed by atoms with Crippen molar-refractivity contribution in [3.8, 4) is 5.75 Å². The van der Waals surface area contributed by atoms with Gasteiger partial charge in [-0.3, -0.25) is 4.79 Å². The number of rotatable bonds is 5. The normalized spacial score (nSPS) is 10.1. The molecule has 0 saturated heterocycles. The maximum Gasteiger partial charge on any atom is 0.256 e. The molecule has 1 N–H and O–H groups in total. The summed E-state index contributed by atoms with van der Waals surface area (Å²) < 4.78 is 5.50. The Hall–Kier alpha value is -2.07. The molecule has 5 heteroatoms. The van der Waals surface area contributed by atoms with E-state index in [4.69, 9.17) is 16.3 Å². The minimum absolute atomic E-state index is 0.248. The zero-order chi connectivity index (χ0) is 14.4. The molecule has 0 aliphatic rings. The van der Waals surface area contributed by atoms with E-state index < -0.39 is 0 Å². The molecule has 1 aromatic carbocycles. The van der Waals surface area contributed by atoms with E-state index in [9.17, 15) is 4.79 Å². The van der Waals surface area contributed by atoms with Crippen LogP contribution in [-0.2, 0) is 0 Å². The number of carbonyl (C=O) groups is 1. The molecule has 0 saturated carbocycles. The third-order valence-corrected chi connectivity index (χ3v) is 2.74. The first-order valence-electron chi connectivity index (χ1n) is 6.36. The van der Waals surface area contributed by atoms with Gasteiger partial charge in [-0.15, -0.1) is 0 Å². The number of anilines is 1. The van der Waals surface area contributed by atoms with Crippen molar-refractivity contribution in [3.05, 3.63) is 53.2 Å².